The van der Waals surface area contributed by atoms with Crippen LogP contribution in [0.15, 0.2) is 42.6 Å². The van der Waals surface area contributed by atoms with Crippen LogP contribution in [0.4, 0.5) is 9.52 Å². The van der Waals surface area contributed by atoms with Crippen molar-refractivity contribution in [1.29, 1.82) is 0 Å². The standard InChI is InChI=1S/C19H19FN4OS/c20-15-7-5-13(6-8-15)11-22-17(25)14-3-2-10-24(12-14)19-23-16-4-1-9-21-18(16)26-19/h1,4-9,14H,2-3,10-12H2,(H,22,25)/t14-/m0/s1. The van der Waals surface area contributed by atoms with Crippen LogP contribution in [0.5, 0.6) is 0 Å². The van der Waals surface area contributed by atoms with Crippen LogP contribution in [0.25, 0.3) is 10.3 Å². The van der Waals surface area contributed by atoms with Gasteiger partial charge in [0.25, 0.3) is 0 Å². The van der Waals surface area contributed by atoms with Gasteiger partial charge in [-0.1, -0.05) is 23.5 Å². The fourth-order valence-electron chi connectivity index (χ4n) is 3.19. The molecular weight excluding hydrogens is 351 g/mol. The minimum absolute atomic E-state index is 0.0401. The number of aromatic nitrogens is 2. The molecule has 26 heavy (non-hydrogen) atoms. The molecule has 0 spiro atoms. The summed E-state index contributed by atoms with van der Waals surface area (Å²) in [6.07, 6.45) is 3.60. The number of rotatable bonds is 4. The van der Waals surface area contributed by atoms with Gasteiger partial charge >= 0.3 is 0 Å². The zero-order valence-corrected chi connectivity index (χ0v) is 15.0. The summed E-state index contributed by atoms with van der Waals surface area (Å²) in [4.78, 5) is 24.6. The van der Waals surface area contributed by atoms with Crippen LogP contribution in [0.3, 0.4) is 0 Å². The fraction of sp³-hybridized carbons (Fsp3) is 0.316. The maximum absolute atomic E-state index is 13.0. The lowest BCUT2D eigenvalue weighted by Gasteiger charge is -2.31. The first-order valence-corrected chi connectivity index (χ1v) is 9.49. The molecule has 0 radical (unpaired) electrons. The molecule has 0 saturated carbocycles. The Hall–Kier alpha value is -2.54. The van der Waals surface area contributed by atoms with Crippen molar-refractivity contribution in [1.82, 2.24) is 15.3 Å². The Morgan fingerprint density at radius 1 is 1.31 bits per heavy atom. The van der Waals surface area contributed by atoms with Gasteiger partial charge in [-0.25, -0.2) is 14.4 Å². The molecule has 1 amide bonds. The number of anilines is 1. The first-order valence-electron chi connectivity index (χ1n) is 8.68. The van der Waals surface area contributed by atoms with Crippen molar-refractivity contribution in [2.75, 3.05) is 18.0 Å². The molecule has 134 valence electrons. The van der Waals surface area contributed by atoms with Gasteiger partial charge in [0.05, 0.1) is 5.92 Å². The number of thiazole rings is 1. The minimum Gasteiger partial charge on any atom is -0.352 e. The number of nitrogens with zero attached hydrogens (tertiary/aromatic N) is 3. The van der Waals surface area contributed by atoms with E-state index >= 15 is 0 Å². The van der Waals surface area contributed by atoms with Crippen LogP contribution in [-0.2, 0) is 11.3 Å². The number of fused-ring (bicyclic) bond motifs is 1. The van der Waals surface area contributed by atoms with E-state index in [2.05, 4.69) is 20.2 Å². The number of amides is 1. The van der Waals surface area contributed by atoms with Crippen molar-refractivity contribution in [3.8, 4) is 0 Å². The van der Waals surface area contributed by atoms with E-state index < -0.39 is 0 Å². The van der Waals surface area contributed by atoms with E-state index in [9.17, 15) is 9.18 Å². The summed E-state index contributed by atoms with van der Waals surface area (Å²) in [7, 11) is 0. The average Bonchev–Trinajstić information content (AvgIpc) is 3.12. The first-order chi connectivity index (χ1) is 12.7. The van der Waals surface area contributed by atoms with E-state index in [4.69, 9.17) is 0 Å². The smallest absolute Gasteiger partial charge is 0.225 e. The van der Waals surface area contributed by atoms with Crippen LogP contribution in [0.1, 0.15) is 18.4 Å². The number of nitrogens with one attached hydrogen (secondary N) is 1. The van der Waals surface area contributed by atoms with E-state index in [-0.39, 0.29) is 17.6 Å². The Balaban J connectivity index is 1.39. The van der Waals surface area contributed by atoms with Crippen molar-refractivity contribution in [2.45, 2.75) is 19.4 Å². The summed E-state index contributed by atoms with van der Waals surface area (Å²) in [5, 5.41) is 3.90. The largest absolute Gasteiger partial charge is 0.352 e. The van der Waals surface area contributed by atoms with E-state index in [1.165, 1.54) is 12.1 Å². The van der Waals surface area contributed by atoms with E-state index in [1.54, 1.807) is 29.7 Å². The van der Waals surface area contributed by atoms with Crippen LogP contribution in [0, 0.1) is 11.7 Å². The number of halogens is 1. The molecule has 3 aromatic rings. The molecule has 5 nitrogen and oxygen atoms in total. The highest BCUT2D eigenvalue weighted by Gasteiger charge is 2.27. The van der Waals surface area contributed by atoms with Crippen molar-refractivity contribution >= 4 is 32.7 Å². The Morgan fingerprint density at radius 2 is 2.15 bits per heavy atom. The molecule has 0 unspecified atom stereocenters. The second-order valence-corrected chi connectivity index (χ2v) is 7.41. The molecule has 1 fully saturated rings. The van der Waals surface area contributed by atoms with Gasteiger partial charge < -0.3 is 10.2 Å². The maximum Gasteiger partial charge on any atom is 0.225 e. The van der Waals surface area contributed by atoms with E-state index in [0.29, 0.717) is 13.1 Å². The first kappa shape index (κ1) is 16.9. The number of hydrogen-bond acceptors (Lipinski definition) is 5. The third kappa shape index (κ3) is 3.67. The summed E-state index contributed by atoms with van der Waals surface area (Å²) < 4.78 is 13.0. The molecule has 1 aliphatic heterocycles. The van der Waals surface area contributed by atoms with Gasteiger partial charge in [0.1, 0.15) is 16.2 Å². The molecule has 1 saturated heterocycles. The highest BCUT2D eigenvalue weighted by molar-refractivity contribution is 7.21. The second-order valence-electron chi connectivity index (χ2n) is 6.45. The SMILES string of the molecule is O=C(NCc1ccc(F)cc1)[C@H]1CCCN(c2nc3cccnc3s2)C1. The van der Waals surface area contributed by atoms with Crippen LogP contribution >= 0.6 is 11.3 Å². The molecule has 1 aromatic carbocycles. The van der Waals surface area contributed by atoms with Gasteiger partial charge in [0, 0.05) is 25.8 Å². The molecule has 1 atom stereocenters. The van der Waals surface area contributed by atoms with Crippen LogP contribution < -0.4 is 10.2 Å². The summed E-state index contributed by atoms with van der Waals surface area (Å²) in [5.74, 6) is -0.296. The molecule has 7 heteroatoms. The highest BCUT2D eigenvalue weighted by Crippen LogP contribution is 2.30. The summed E-state index contributed by atoms with van der Waals surface area (Å²) >= 11 is 1.57. The topological polar surface area (TPSA) is 58.1 Å². The average molecular weight is 370 g/mol. The molecule has 4 rings (SSSR count). The predicted molar refractivity (Wildman–Crippen MR) is 101 cm³/mol. The fourth-order valence-corrected chi connectivity index (χ4v) is 4.14. The molecule has 1 N–H and O–H groups in total. The summed E-state index contributed by atoms with van der Waals surface area (Å²) in [5.41, 5.74) is 1.79. The van der Waals surface area contributed by atoms with Gasteiger partial charge in [-0.15, -0.1) is 0 Å². The van der Waals surface area contributed by atoms with Gasteiger partial charge in [-0.05, 0) is 42.7 Å². The lowest BCUT2D eigenvalue weighted by Crippen LogP contribution is -2.42. The van der Waals surface area contributed by atoms with E-state index in [0.717, 1.165) is 40.4 Å². The third-order valence-electron chi connectivity index (χ3n) is 4.60. The van der Waals surface area contributed by atoms with Gasteiger partial charge in [0.15, 0.2) is 5.13 Å². The number of hydrogen-bond donors (Lipinski definition) is 1. The summed E-state index contributed by atoms with van der Waals surface area (Å²) in [6.45, 7) is 1.98. The van der Waals surface area contributed by atoms with Gasteiger partial charge in [-0.3, -0.25) is 4.79 Å². The zero-order chi connectivity index (χ0) is 17.9. The molecule has 3 heterocycles. The molecule has 0 bridgehead atoms. The normalized spacial score (nSPS) is 17.4. The maximum atomic E-state index is 13.0. The molecular formula is C19H19FN4OS. The lowest BCUT2D eigenvalue weighted by atomic mass is 9.97. The number of benzene rings is 1. The van der Waals surface area contributed by atoms with Crippen molar-refractivity contribution in [3.63, 3.8) is 0 Å². The predicted octanol–water partition coefficient (Wildman–Crippen LogP) is 3.36. The number of pyridine rings is 1. The lowest BCUT2D eigenvalue weighted by molar-refractivity contribution is -0.125. The van der Waals surface area contributed by atoms with Crippen molar-refractivity contribution < 1.29 is 9.18 Å². The minimum atomic E-state index is -0.270. The Kier molecular flexibility index (Phi) is 4.79. The van der Waals surface area contributed by atoms with Crippen LogP contribution in [0.2, 0.25) is 0 Å². The summed E-state index contributed by atoms with van der Waals surface area (Å²) in [6, 6.07) is 10.0. The number of piperidine rings is 1. The Morgan fingerprint density at radius 3 is 2.96 bits per heavy atom. The Bertz CT molecular complexity index is 878. The Labute approximate surface area is 154 Å². The molecule has 0 aliphatic carbocycles. The monoisotopic (exact) mass is 370 g/mol. The number of carbonyl (C=O) groups is 1. The molecule has 1 aliphatic rings. The van der Waals surface area contributed by atoms with Crippen LogP contribution in [-0.4, -0.2) is 29.0 Å². The molecule has 2 aromatic heterocycles. The van der Waals surface area contributed by atoms with Gasteiger partial charge in [-0.2, -0.15) is 0 Å². The van der Waals surface area contributed by atoms with Crippen molar-refractivity contribution in [3.05, 3.63) is 54.0 Å². The zero-order valence-electron chi connectivity index (χ0n) is 14.2. The van der Waals surface area contributed by atoms with E-state index in [1.807, 2.05) is 12.1 Å². The van der Waals surface area contributed by atoms with Gasteiger partial charge in [0.2, 0.25) is 5.91 Å². The quantitative estimate of drug-likeness (QED) is 0.765. The highest BCUT2D eigenvalue weighted by atomic mass is 32.1. The number of carbonyl (C=O) groups excluding carboxylic acids is 1. The third-order valence-corrected chi connectivity index (χ3v) is 5.64. The van der Waals surface area contributed by atoms with Crippen molar-refractivity contribution in [2.24, 2.45) is 5.92 Å². The second kappa shape index (κ2) is 7.37.